The molecule has 0 unspecified atom stereocenters. The van der Waals surface area contributed by atoms with Gasteiger partial charge in [0.2, 0.25) is 4.77 Å². The molecule has 0 saturated carbocycles. The van der Waals surface area contributed by atoms with E-state index in [9.17, 15) is 4.39 Å². The number of nitrogens with zero attached hydrogens (tertiary/aromatic N) is 3. The number of nitrogens with one attached hydrogen (secondary N) is 2. The third kappa shape index (κ3) is 4.56. The molecule has 7 nitrogen and oxygen atoms in total. The molecule has 0 amide bonds. The fourth-order valence-electron chi connectivity index (χ4n) is 3.09. The van der Waals surface area contributed by atoms with Gasteiger partial charge in [0.15, 0.2) is 17.3 Å². The van der Waals surface area contributed by atoms with Gasteiger partial charge in [-0.1, -0.05) is 30.3 Å². The van der Waals surface area contributed by atoms with Crippen molar-refractivity contribution >= 4 is 12.2 Å². The fraction of sp³-hybridized carbons (Fsp3) is 0.136. The average Bonchev–Trinajstić information content (AvgIpc) is 3.18. The topological polar surface area (TPSA) is 77.0 Å². The van der Waals surface area contributed by atoms with E-state index in [1.54, 1.807) is 48.4 Å². The first-order chi connectivity index (χ1) is 15.2. The van der Waals surface area contributed by atoms with E-state index in [1.165, 1.54) is 6.07 Å². The molecule has 2 N–H and O–H groups in total. The molecular weight excluding hydrogens is 417 g/mol. The van der Waals surface area contributed by atoms with Crippen LogP contribution in [0.15, 0.2) is 67.0 Å². The maximum Gasteiger partial charge on any atom is 0.214 e. The molecule has 0 aliphatic heterocycles. The number of H-pyrrole nitrogens is 1. The van der Waals surface area contributed by atoms with Crippen LogP contribution in [-0.2, 0) is 13.2 Å². The van der Waals surface area contributed by atoms with Gasteiger partial charge in [0, 0.05) is 29.1 Å². The highest BCUT2D eigenvalue weighted by molar-refractivity contribution is 7.71. The number of methoxy groups -OCH3 is 1. The zero-order chi connectivity index (χ0) is 21.6. The molecule has 158 valence electrons. The Morgan fingerprint density at radius 1 is 1.06 bits per heavy atom. The number of pyridine rings is 1. The minimum absolute atomic E-state index is 0.0768. The molecule has 31 heavy (non-hydrogen) atoms. The summed E-state index contributed by atoms with van der Waals surface area (Å²) in [7, 11) is 1.57. The van der Waals surface area contributed by atoms with Crippen LogP contribution in [0.3, 0.4) is 0 Å². The van der Waals surface area contributed by atoms with Gasteiger partial charge in [0.25, 0.3) is 0 Å². The highest BCUT2D eigenvalue weighted by Crippen LogP contribution is 2.32. The Labute approximate surface area is 183 Å². The second-order valence-corrected chi connectivity index (χ2v) is 6.97. The fourth-order valence-corrected chi connectivity index (χ4v) is 3.29. The predicted molar refractivity (Wildman–Crippen MR) is 117 cm³/mol. The van der Waals surface area contributed by atoms with Crippen LogP contribution >= 0.6 is 12.2 Å². The molecule has 0 aliphatic rings. The van der Waals surface area contributed by atoms with Crippen molar-refractivity contribution in [2.45, 2.75) is 13.2 Å². The largest absolute Gasteiger partial charge is 0.493 e. The summed E-state index contributed by atoms with van der Waals surface area (Å²) in [6.45, 7) is 0.448. The lowest BCUT2D eigenvalue weighted by atomic mass is 10.1. The molecule has 0 fully saturated rings. The van der Waals surface area contributed by atoms with Crippen LogP contribution in [0.25, 0.3) is 11.4 Å². The third-order valence-corrected chi connectivity index (χ3v) is 4.92. The van der Waals surface area contributed by atoms with E-state index in [0.29, 0.717) is 34.2 Å². The van der Waals surface area contributed by atoms with E-state index in [4.69, 9.17) is 21.7 Å². The molecule has 0 saturated heterocycles. The molecule has 0 atom stereocenters. The quantitative estimate of drug-likeness (QED) is 0.396. The summed E-state index contributed by atoms with van der Waals surface area (Å²) in [5.74, 6) is 1.40. The Bertz CT molecular complexity index is 1230. The highest BCUT2D eigenvalue weighted by atomic mass is 32.1. The van der Waals surface area contributed by atoms with Gasteiger partial charge in [0.05, 0.1) is 13.7 Å². The Balaban J connectivity index is 1.58. The van der Waals surface area contributed by atoms with Gasteiger partial charge in [-0.15, -0.1) is 0 Å². The number of hydrogen-bond donors (Lipinski definition) is 2. The van der Waals surface area contributed by atoms with Crippen molar-refractivity contribution in [1.82, 2.24) is 19.9 Å². The van der Waals surface area contributed by atoms with Crippen LogP contribution in [-0.4, -0.2) is 27.0 Å². The second kappa shape index (κ2) is 9.40. The summed E-state index contributed by atoms with van der Waals surface area (Å²) in [5, 5.41) is 7.10. The number of aromatic nitrogens is 4. The Kier molecular flexibility index (Phi) is 6.23. The van der Waals surface area contributed by atoms with E-state index in [0.717, 1.165) is 11.1 Å². The van der Waals surface area contributed by atoms with Crippen LogP contribution in [0.5, 0.6) is 11.5 Å². The number of halogens is 1. The SMILES string of the molecule is COc1cccc(CNn2c(-c3ccncc3)n[nH]c2=S)c1OCc1ccccc1F. The molecule has 4 aromatic rings. The molecular formula is C22H20FN5O2S. The smallest absolute Gasteiger partial charge is 0.214 e. The average molecular weight is 438 g/mol. The van der Waals surface area contributed by atoms with Crippen molar-refractivity contribution in [2.75, 3.05) is 12.5 Å². The molecule has 0 bridgehead atoms. The normalized spacial score (nSPS) is 10.6. The predicted octanol–water partition coefficient (Wildman–Crippen LogP) is 4.47. The van der Waals surface area contributed by atoms with Gasteiger partial charge >= 0.3 is 0 Å². The van der Waals surface area contributed by atoms with Crippen molar-refractivity contribution in [2.24, 2.45) is 0 Å². The molecule has 0 aliphatic carbocycles. The minimum Gasteiger partial charge on any atom is -0.493 e. The standard InChI is InChI=1S/C22H20FN5O2S/c1-29-19-8-4-6-16(20(19)30-14-17-5-2-3-7-18(17)23)13-25-28-21(26-27-22(28)31)15-9-11-24-12-10-15/h2-12,25H,13-14H2,1H3,(H,27,31). The first-order valence-electron chi connectivity index (χ1n) is 9.51. The van der Waals surface area contributed by atoms with Crippen LogP contribution in [0.4, 0.5) is 4.39 Å². The van der Waals surface area contributed by atoms with Crippen LogP contribution < -0.4 is 14.9 Å². The maximum absolute atomic E-state index is 14.0. The molecule has 0 spiro atoms. The summed E-state index contributed by atoms with van der Waals surface area (Å²) in [6.07, 6.45) is 3.38. The monoisotopic (exact) mass is 437 g/mol. The number of para-hydroxylation sites is 1. The Hall–Kier alpha value is -3.72. The van der Waals surface area contributed by atoms with Crippen molar-refractivity contribution in [3.8, 4) is 22.9 Å². The van der Waals surface area contributed by atoms with E-state index in [-0.39, 0.29) is 12.4 Å². The Morgan fingerprint density at radius 2 is 1.84 bits per heavy atom. The number of rotatable bonds is 8. The molecule has 4 rings (SSSR count). The lowest BCUT2D eigenvalue weighted by Gasteiger charge is -2.17. The highest BCUT2D eigenvalue weighted by Gasteiger charge is 2.14. The minimum atomic E-state index is -0.316. The molecule has 2 aromatic carbocycles. The summed E-state index contributed by atoms with van der Waals surface area (Å²) < 4.78 is 27.5. The van der Waals surface area contributed by atoms with E-state index >= 15 is 0 Å². The summed E-state index contributed by atoms with van der Waals surface area (Å²) in [4.78, 5) is 4.03. The summed E-state index contributed by atoms with van der Waals surface area (Å²) >= 11 is 5.37. The lowest BCUT2D eigenvalue weighted by Crippen LogP contribution is -2.16. The van der Waals surface area contributed by atoms with Gasteiger partial charge < -0.3 is 14.9 Å². The van der Waals surface area contributed by atoms with Gasteiger partial charge in [0.1, 0.15) is 12.4 Å². The van der Waals surface area contributed by atoms with Crippen molar-refractivity contribution in [3.05, 3.63) is 88.7 Å². The number of hydrogen-bond acceptors (Lipinski definition) is 6. The maximum atomic E-state index is 14.0. The van der Waals surface area contributed by atoms with Crippen LogP contribution in [0.2, 0.25) is 0 Å². The second-order valence-electron chi connectivity index (χ2n) is 6.59. The lowest BCUT2D eigenvalue weighted by molar-refractivity contribution is 0.277. The zero-order valence-corrected chi connectivity index (χ0v) is 17.5. The van der Waals surface area contributed by atoms with Gasteiger partial charge in [-0.05, 0) is 36.5 Å². The van der Waals surface area contributed by atoms with Gasteiger partial charge in [-0.3, -0.25) is 4.98 Å². The third-order valence-electron chi connectivity index (χ3n) is 4.65. The zero-order valence-electron chi connectivity index (χ0n) is 16.7. The van der Waals surface area contributed by atoms with Gasteiger partial charge in [-0.2, -0.15) is 5.10 Å². The number of benzene rings is 2. The van der Waals surface area contributed by atoms with Gasteiger partial charge in [-0.25, -0.2) is 14.2 Å². The van der Waals surface area contributed by atoms with Crippen molar-refractivity contribution < 1.29 is 13.9 Å². The molecule has 9 heteroatoms. The summed E-state index contributed by atoms with van der Waals surface area (Å²) in [6, 6.07) is 15.8. The van der Waals surface area contributed by atoms with Crippen LogP contribution in [0, 0.1) is 10.6 Å². The number of ether oxygens (including phenoxy) is 2. The van der Waals surface area contributed by atoms with Crippen molar-refractivity contribution in [3.63, 3.8) is 0 Å². The van der Waals surface area contributed by atoms with E-state index < -0.39 is 0 Å². The number of aromatic amines is 1. The van der Waals surface area contributed by atoms with E-state index in [2.05, 4.69) is 20.6 Å². The van der Waals surface area contributed by atoms with Crippen LogP contribution in [0.1, 0.15) is 11.1 Å². The Morgan fingerprint density at radius 3 is 2.61 bits per heavy atom. The molecule has 2 aromatic heterocycles. The molecule has 2 heterocycles. The first kappa shape index (κ1) is 20.5. The van der Waals surface area contributed by atoms with E-state index in [1.807, 2.05) is 24.3 Å². The van der Waals surface area contributed by atoms with Crippen molar-refractivity contribution in [1.29, 1.82) is 0 Å². The molecule has 0 radical (unpaired) electrons. The first-order valence-corrected chi connectivity index (χ1v) is 9.92. The summed E-state index contributed by atoms with van der Waals surface area (Å²) in [5.41, 5.74) is 5.41.